The number of anilines is 2. The number of hydrogen-bond donors (Lipinski definition) is 2. The van der Waals surface area contributed by atoms with Gasteiger partial charge in [-0.3, -0.25) is 19.7 Å². The molecule has 0 saturated heterocycles. The van der Waals surface area contributed by atoms with Crippen LogP contribution in [0.4, 0.5) is 17.1 Å². The largest absolute Gasteiger partial charge is 0.320 e. The molecule has 0 radical (unpaired) electrons. The normalized spacial score (nSPS) is 10.9. The van der Waals surface area contributed by atoms with Crippen LogP contribution in [0.25, 0.3) is 0 Å². The lowest BCUT2D eigenvalue weighted by atomic mass is 9.87. The van der Waals surface area contributed by atoms with E-state index in [1.165, 1.54) is 24.3 Å². The van der Waals surface area contributed by atoms with Crippen LogP contribution in [0, 0.1) is 10.1 Å². The maximum absolute atomic E-state index is 12.7. The van der Waals surface area contributed by atoms with Crippen LogP contribution >= 0.6 is 0 Å². The highest BCUT2D eigenvalue weighted by Crippen LogP contribution is 2.25. The van der Waals surface area contributed by atoms with E-state index in [1.807, 2.05) is 12.1 Å². The van der Waals surface area contributed by atoms with Gasteiger partial charge in [0.05, 0.1) is 16.3 Å². The van der Waals surface area contributed by atoms with Crippen LogP contribution in [-0.2, 0) is 5.41 Å². The van der Waals surface area contributed by atoms with Crippen molar-refractivity contribution in [3.05, 3.63) is 99.6 Å². The fraction of sp³-hybridized carbons (Fsp3) is 0.167. The predicted molar refractivity (Wildman–Crippen MR) is 121 cm³/mol. The number of benzene rings is 3. The van der Waals surface area contributed by atoms with Gasteiger partial charge >= 0.3 is 0 Å². The summed E-state index contributed by atoms with van der Waals surface area (Å²) < 4.78 is 0. The van der Waals surface area contributed by atoms with Gasteiger partial charge in [-0.1, -0.05) is 45.0 Å². The number of hydrogen-bond acceptors (Lipinski definition) is 4. The molecule has 0 aliphatic heterocycles. The summed E-state index contributed by atoms with van der Waals surface area (Å²) in [5.41, 5.74) is 2.66. The van der Waals surface area contributed by atoms with Gasteiger partial charge in [0.2, 0.25) is 0 Å². The van der Waals surface area contributed by atoms with E-state index >= 15 is 0 Å². The monoisotopic (exact) mass is 417 g/mol. The number of para-hydroxylation sites is 2. The minimum Gasteiger partial charge on any atom is -0.320 e. The van der Waals surface area contributed by atoms with Gasteiger partial charge in [-0.05, 0) is 47.4 Å². The van der Waals surface area contributed by atoms with E-state index in [4.69, 9.17) is 0 Å². The van der Waals surface area contributed by atoms with Crippen molar-refractivity contribution in [3.63, 3.8) is 0 Å². The number of non-ortho nitro benzene ring substituents is 1. The molecule has 2 N–H and O–H groups in total. The molecule has 0 saturated carbocycles. The van der Waals surface area contributed by atoms with Crippen LogP contribution in [0.1, 0.15) is 47.1 Å². The van der Waals surface area contributed by atoms with E-state index < -0.39 is 10.8 Å². The van der Waals surface area contributed by atoms with Gasteiger partial charge in [0.25, 0.3) is 17.5 Å². The van der Waals surface area contributed by atoms with Crippen molar-refractivity contribution in [3.8, 4) is 0 Å². The molecule has 3 aromatic rings. The SMILES string of the molecule is CC(C)(C)c1ccc(C(=O)Nc2ccccc2NC(=O)c2ccc([N+](=O)[O-])cc2)cc1. The number of amides is 2. The molecule has 0 atom stereocenters. The Bertz CT molecular complexity index is 1110. The van der Waals surface area contributed by atoms with E-state index in [2.05, 4.69) is 31.4 Å². The average Bonchev–Trinajstić information content (AvgIpc) is 2.74. The van der Waals surface area contributed by atoms with Gasteiger partial charge < -0.3 is 10.6 Å². The molecule has 0 spiro atoms. The summed E-state index contributed by atoms with van der Waals surface area (Å²) >= 11 is 0. The number of carbonyl (C=O) groups excluding carboxylic acids is 2. The third-order valence-electron chi connectivity index (χ3n) is 4.78. The standard InChI is InChI=1S/C24H23N3O4/c1-24(2,3)18-12-8-16(9-13-18)22(28)25-20-6-4-5-7-21(20)26-23(29)17-10-14-19(15-11-17)27(30)31/h4-15H,1-3H3,(H,25,28)(H,26,29). The summed E-state index contributed by atoms with van der Waals surface area (Å²) in [6, 6.07) is 19.5. The Morgan fingerprint density at radius 3 is 1.55 bits per heavy atom. The molecule has 0 aliphatic carbocycles. The molecular weight excluding hydrogens is 394 g/mol. The first-order chi connectivity index (χ1) is 14.6. The summed E-state index contributed by atoms with van der Waals surface area (Å²) in [6.07, 6.45) is 0. The maximum atomic E-state index is 12.7. The van der Waals surface area contributed by atoms with Gasteiger partial charge in [-0.25, -0.2) is 0 Å². The molecule has 2 amide bonds. The van der Waals surface area contributed by atoms with Crippen molar-refractivity contribution >= 4 is 28.9 Å². The molecule has 7 nitrogen and oxygen atoms in total. The quantitative estimate of drug-likeness (QED) is 0.429. The lowest BCUT2D eigenvalue weighted by Crippen LogP contribution is -2.17. The first kappa shape index (κ1) is 21.7. The van der Waals surface area contributed by atoms with Crippen molar-refractivity contribution in [1.82, 2.24) is 0 Å². The first-order valence-electron chi connectivity index (χ1n) is 9.72. The molecule has 0 aliphatic rings. The molecule has 3 aromatic carbocycles. The number of nitro groups is 1. The van der Waals surface area contributed by atoms with E-state index in [9.17, 15) is 19.7 Å². The zero-order valence-corrected chi connectivity index (χ0v) is 17.5. The molecule has 0 aromatic heterocycles. The first-order valence-corrected chi connectivity index (χ1v) is 9.72. The third kappa shape index (κ3) is 5.33. The van der Waals surface area contributed by atoms with Crippen molar-refractivity contribution in [2.24, 2.45) is 0 Å². The van der Waals surface area contributed by atoms with Crippen LogP contribution in [0.15, 0.2) is 72.8 Å². The Hall–Kier alpha value is -4.00. The summed E-state index contributed by atoms with van der Waals surface area (Å²) in [5.74, 6) is -0.733. The second kappa shape index (κ2) is 8.79. The molecule has 7 heteroatoms. The van der Waals surface area contributed by atoms with Crippen molar-refractivity contribution in [2.45, 2.75) is 26.2 Å². The molecule has 0 heterocycles. The van der Waals surface area contributed by atoms with E-state index in [0.29, 0.717) is 16.9 Å². The van der Waals surface area contributed by atoms with E-state index in [-0.39, 0.29) is 22.6 Å². The van der Waals surface area contributed by atoms with Gasteiger partial charge in [-0.15, -0.1) is 0 Å². The predicted octanol–water partition coefficient (Wildman–Crippen LogP) is 5.40. The molecule has 0 fully saturated rings. The number of nitro benzene ring substituents is 1. The summed E-state index contributed by atoms with van der Waals surface area (Å²) in [5, 5.41) is 16.3. The van der Waals surface area contributed by atoms with Gasteiger partial charge in [0.15, 0.2) is 0 Å². The highest BCUT2D eigenvalue weighted by molar-refractivity contribution is 6.10. The highest BCUT2D eigenvalue weighted by Gasteiger charge is 2.16. The molecule has 31 heavy (non-hydrogen) atoms. The average molecular weight is 417 g/mol. The zero-order chi connectivity index (χ0) is 22.6. The Morgan fingerprint density at radius 2 is 1.16 bits per heavy atom. The number of nitrogens with zero attached hydrogens (tertiary/aromatic N) is 1. The number of rotatable bonds is 5. The molecule has 0 bridgehead atoms. The second-order valence-electron chi connectivity index (χ2n) is 8.09. The summed E-state index contributed by atoms with van der Waals surface area (Å²) in [6.45, 7) is 6.31. The minimum atomic E-state index is -0.527. The third-order valence-corrected chi connectivity index (χ3v) is 4.78. The maximum Gasteiger partial charge on any atom is 0.269 e. The molecular formula is C24H23N3O4. The van der Waals surface area contributed by atoms with Gasteiger partial charge in [-0.2, -0.15) is 0 Å². The van der Waals surface area contributed by atoms with Gasteiger partial charge in [0.1, 0.15) is 0 Å². The lowest BCUT2D eigenvalue weighted by Gasteiger charge is -2.19. The Morgan fingerprint density at radius 1 is 0.742 bits per heavy atom. The second-order valence-corrected chi connectivity index (χ2v) is 8.09. The van der Waals surface area contributed by atoms with Crippen LogP contribution in [-0.4, -0.2) is 16.7 Å². The zero-order valence-electron chi connectivity index (χ0n) is 17.5. The van der Waals surface area contributed by atoms with Crippen LogP contribution in [0.5, 0.6) is 0 Å². The smallest absolute Gasteiger partial charge is 0.269 e. The van der Waals surface area contributed by atoms with Crippen molar-refractivity contribution in [1.29, 1.82) is 0 Å². The molecule has 3 rings (SSSR count). The van der Waals surface area contributed by atoms with Crippen molar-refractivity contribution in [2.75, 3.05) is 10.6 Å². The Labute approximate surface area is 180 Å². The van der Waals surface area contributed by atoms with E-state index in [1.54, 1.807) is 36.4 Å². The van der Waals surface area contributed by atoms with Gasteiger partial charge in [0, 0.05) is 23.3 Å². The minimum absolute atomic E-state index is 0.0102. The topological polar surface area (TPSA) is 101 Å². The fourth-order valence-electron chi connectivity index (χ4n) is 2.95. The Balaban J connectivity index is 1.75. The van der Waals surface area contributed by atoms with Crippen LogP contribution < -0.4 is 10.6 Å². The lowest BCUT2D eigenvalue weighted by molar-refractivity contribution is -0.384. The summed E-state index contributed by atoms with van der Waals surface area (Å²) in [7, 11) is 0. The molecule has 158 valence electrons. The van der Waals surface area contributed by atoms with E-state index in [0.717, 1.165) is 5.56 Å². The van der Waals surface area contributed by atoms with Crippen LogP contribution in [0.2, 0.25) is 0 Å². The Kier molecular flexibility index (Phi) is 6.15. The summed E-state index contributed by atoms with van der Waals surface area (Å²) in [4.78, 5) is 35.5. The number of carbonyl (C=O) groups is 2. The van der Waals surface area contributed by atoms with Crippen molar-refractivity contribution < 1.29 is 14.5 Å². The highest BCUT2D eigenvalue weighted by atomic mass is 16.6. The molecule has 0 unspecified atom stereocenters. The fourth-order valence-corrected chi connectivity index (χ4v) is 2.95. The van der Waals surface area contributed by atoms with Crippen LogP contribution in [0.3, 0.4) is 0 Å². The number of nitrogens with one attached hydrogen (secondary N) is 2.